The van der Waals surface area contributed by atoms with Crippen molar-refractivity contribution in [2.75, 3.05) is 5.33 Å². The molecular weight excluding hydrogens is 273 g/mol. The molecule has 0 aromatic heterocycles. The average molecular weight is 279 g/mol. The van der Waals surface area contributed by atoms with E-state index < -0.39 is 35.6 Å². The van der Waals surface area contributed by atoms with E-state index in [0.29, 0.717) is 12.1 Å². The second-order valence-corrected chi connectivity index (χ2v) is 3.34. The number of Topliss-reactive ketones (excluding diaryl/α,β-unsaturated/α-hetero) is 1. The normalized spacial score (nSPS) is 10.2. The standard InChI is InChI=1S/C8H6BBrF2O3/c10-3-8(13)4-1-7(12)5(9(14)15)2-6(4)11/h1-2,14-15H,3H2. The molecule has 1 aromatic carbocycles. The van der Waals surface area contributed by atoms with Crippen molar-refractivity contribution in [1.82, 2.24) is 0 Å². The molecule has 1 aromatic rings. The van der Waals surface area contributed by atoms with E-state index >= 15 is 0 Å². The van der Waals surface area contributed by atoms with Gasteiger partial charge >= 0.3 is 7.12 Å². The Hall–Kier alpha value is -0.785. The summed E-state index contributed by atoms with van der Waals surface area (Å²) in [5, 5.41) is 17.2. The minimum Gasteiger partial charge on any atom is -0.423 e. The lowest BCUT2D eigenvalue weighted by Crippen LogP contribution is -2.33. The van der Waals surface area contributed by atoms with Gasteiger partial charge in [0.05, 0.1) is 10.9 Å². The number of rotatable bonds is 3. The minimum absolute atomic E-state index is 0.135. The molecular formula is C8H6BBrF2O3. The number of benzene rings is 1. The monoisotopic (exact) mass is 278 g/mol. The summed E-state index contributed by atoms with van der Waals surface area (Å²) in [4.78, 5) is 11.1. The van der Waals surface area contributed by atoms with Crippen LogP contribution in [0.5, 0.6) is 0 Å². The first-order valence-corrected chi connectivity index (χ1v) is 5.03. The summed E-state index contributed by atoms with van der Waals surface area (Å²) in [6, 6.07) is 1.24. The number of hydrogen-bond acceptors (Lipinski definition) is 3. The van der Waals surface area contributed by atoms with Crippen LogP contribution >= 0.6 is 15.9 Å². The van der Waals surface area contributed by atoms with Crippen LogP contribution in [0.2, 0.25) is 0 Å². The van der Waals surface area contributed by atoms with Crippen LogP contribution in [0.4, 0.5) is 8.78 Å². The number of halogens is 3. The van der Waals surface area contributed by atoms with Crippen molar-refractivity contribution in [3.63, 3.8) is 0 Å². The lowest BCUT2D eigenvalue weighted by molar-refractivity contribution is 0.101. The largest absolute Gasteiger partial charge is 0.491 e. The SMILES string of the molecule is O=C(CBr)c1cc(F)c(B(O)O)cc1F. The number of hydrogen-bond donors (Lipinski definition) is 2. The van der Waals surface area contributed by atoms with Gasteiger partial charge in [-0.25, -0.2) is 8.78 Å². The third kappa shape index (κ3) is 2.61. The van der Waals surface area contributed by atoms with Crippen LogP contribution in [0.25, 0.3) is 0 Å². The fourth-order valence-electron chi connectivity index (χ4n) is 1.05. The maximum atomic E-state index is 13.2. The number of carbonyl (C=O) groups excluding carboxylic acids is 1. The van der Waals surface area contributed by atoms with Crippen LogP contribution in [0.15, 0.2) is 12.1 Å². The third-order valence-electron chi connectivity index (χ3n) is 1.79. The molecule has 0 aliphatic rings. The van der Waals surface area contributed by atoms with Crippen molar-refractivity contribution in [3.05, 3.63) is 29.3 Å². The fourth-order valence-corrected chi connectivity index (χ4v) is 1.35. The lowest BCUT2D eigenvalue weighted by atomic mass is 9.79. The highest BCUT2D eigenvalue weighted by molar-refractivity contribution is 9.09. The molecule has 0 atom stereocenters. The van der Waals surface area contributed by atoms with E-state index in [-0.39, 0.29) is 5.33 Å². The third-order valence-corrected chi connectivity index (χ3v) is 2.30. The second kappa shape index (κ2) is 4.83. The highest BCUT2D eigenvalue weighted by atomic mass is 79.9. The van der Waals surface area contributed by atoms with Gasteiger partial charge in [-0.2, -0.15) is 0 Å². The molecule has 0 saturated carbocycles. The van der Waals surface area contributed by atoms with Crippen molar-refractivity contribution in [1.29, 1.82) is 0 Å². The molecule has 0 aliphatic heterocycles. The van der Waals surface area contributed by atoms with Gasteiger partial charge in [0.2, 0.25) is 0 Å². The molecule has 15 heavy (non-hydrogen) atoms. The van der Waals surface area contributed by atoms with Crippen LogP contribution in [0.3, 0.4) is 0 Å². The molecule has 0 radical (unpaired) electrons. The summed E-state index contributed by atoms with van der Waals surface area (Å²) in [5.41, 5.74) is -1.02. The summed E-state index contributed by atoms with van der Waals surface area (Å²) >= 11 is 2.82. The van der Waals surface area contributed by atoms with Crippen molar-refractivity contribution >= 4 is 34.3 Å². The van der Waals surface area contributed by atoms with Crippen molar-refractivity contribution < 1.29 is 23.6 Å². The van der Waals surface area contributed by atoms with Crippen LogP contribution < -0.4 is 5.46 Å². The first-order valence-electron chi connectivity index (χ1n) is 3.91. The maximum absolute atomic E-state index is 13.2. The zero-order chi connectivity index (χ0) is 11.6. The Labute approximate surface area is 93.0 Å². The summed E-state index contributed by atoms with van der Waals surface area (Å²) in [7, 11) is -2.10. The minimum atomic E-state index is -2.10. The number of alkyl halides is 1. The first-order chi connectivity index (χ1) is 6.97. The van der Waals surface area contributed by atoms with E-state index in [1.54, 1.807) is 0 Å². The highest BCUT2D eigenvalue weighted by Gasteiger charge is 2.21. The Morgan fingerprint density at radius 1 is 1.33 bits per heavy atom. The Bertz CT molecular complexity index is 398. The quantitative estimate of drug-likeness (QED) is 0.473. The molecule has 0 bridgehead atoms. The van der Waals surface area contributed by atoms with Crippen molar-refractivity contribution in [2.45, 2.75) is 0 Å². The van der Waals surface area contributed by atoms with Gasteiger partial charge in [0.1, 0.15) is 11.6 Å². The predicted molar refractivity (Wildman–Crippen MR) is 54.3 cm³/mol. The molecule has 3 nitrogen and oxygen atoms in total. The fraction of sp³-hybridized carbons (Fsp3) is 0.125. The zero-order valence-corrected chi connectivity index (χ0v) is 8.96. The van der Waals surface area contributed by atoms with Crippen LogP contribution in [0.1, 0.15) is 10.4 Å². The van der Waals surface area contributed by atoms with E-state index in [1.165, 1.54) is 0 Å². The van der Waals surface area contributed by atoms with Gasteiger partial charge in [-0.15, -0.1) is 0 Å². The smallest absolute Gasteiger partial charge is 0.423 e. The maximum Gasteiger partial charge on any atom is 0.491 e. The molecule has 2 N–H and O–H groups in total. The summed E-state index contributed by atoms with van der Waals surface area (Å²) < 4.78 is 26.3. The molecule has 7 heteroatoms. The van der Waals surface area contributed by atoms with E-state index in [4.69, 9.17) is 10.0 Å². The molecule has 80 valence electrons. The van der Waals surface area contributed by atoms with Crippen molar-refractivity contribution in [2.24, 2.45) is 0 Å². The molecule has 0 fully saturated rings. The van der Waals surface area contributed by atoms with E-state index in [9.17, 15) is 13.6 Å². The molecule has 1 rings (SSSR count). The Morgan fingerprint density at radius 2 is 1.93 bits per heavy atom. The Morgan fingerprint density at radius 3 is 2.40 bits per heavy atom. The average Bonchev–Trinajstić information content (AvgIpc) is 2.19. The van der Waals surface area contributed by atoms with Gasteiger partial charge in [-0.05, 0) is 12.1 Å². The number of carbonyl (C=O) groups is 1. The summed E-state index contributed by atoms with van der Waals surface area (Å²) in [6.07, 6.45) is 0. The van der Waals surface area contributed by atoms with Gasteiger partial charge in [0.25, 0.3) is 0 Å². The second-order valence-electron chi connectivity index (χ2n) is 2.78. The first kappa shape index (κ1) is 12.3. The highest BCUT2D eigenvalue weighted by Crippen LogP contribution is 2.10. The van der Waals surface area contributed by atoms with Crippen LogP contribution in [-0.2, 0) is 0 Å². The Balaban J connectivity index is 3.25. The van der Waals surface area contributed by atoms with Gasteiger partial charge < -0.3 is 10.0 Å². The van der Waals surface area contributed by atoms with E-state index in [1.807, 2.05) is 0 Å². The Kier molecular flexibility index (Phi) is 3.95. The molecule has 0 heterocycles. The molecule has 0 aliphatic carbocycles. The summed E-state index contributed by atoms with van der Waals surface area (Å²) in [5.74, 6) is -2.63. The molecule has 0 unspecified atom stereocenters. The van der Waals surface area contributed by atoms with Gasteiger partial charge in [-0.1, -0.05) is 15.9 Å². The topological polar surface area (TPSA) is 57.5 Å². The van der Waals surface area contributed by atoms with Gasteiger partial charge in [0.15, 0.2) is 5.78 Å². The molecule has 0 spiro atoms. The molecule has 0 saturated heterocycles. The predicted octanol–water partition coefficient (Wildman–Crippen LogP) is 0.222. The summed E-state index contributed by atoms with van der Waals surface area (Å²) in [6.45, 7) is 0. The molecule has 0 amide bonds. The van der Waals surface area contributed by atoms with Crippen LogP contribution in [-0.4, -0.2) is 28.3 Å². The zero-order valence-electron chi connectivity index (χ0n) is 7.38. The van der Waals surface area contributed by atoms with Gasteiger partial charge in [0, 0.05) is 5.46 Å². The van der Waals surface area contributed by atoms with E-state index in [2.05, 4.69) is 15.9 Å². The lowest BCUT2D eigenvalue weighted by Gasteiger charge is -2.05. The van der Waals surface area contributed by atoms with E-state index in [0.717, 1.165) is 0 Å². The van der Waals surface area contributed by atoms with Crippen LogP contribution in [0, 0.1) is 11.6 Å². The van der Waals surface area contributed by atoms with Crippen molar-refractivity contribution in [3.8, 4) is 0 Å². The van der Waals surface area contributed by atoms with Gasteiger partial charge in [-0.3, -0.25) is 4.79 Å². The number of ketones is 1.